The van der Waals surface area contributed by atoms with Crippen molar-refractivity contribution in [3.63, 3.8) is 0 Å². The molecule has 21 heavy (non-hydrogen) atoms. The number of hydrogen-bond acceptors (Lipinski definition) is 4. The third-order valence-corrected chi connectivity index (χ3v) is 5.25. The maximum Gasteiger partial charge on any atom is 0.295 e. The molecule has 2 aliphatic rings. The Bertz CT molecular complexity index is 584. The predicted octanol–water partition coefficient (Wildman–Crippen LogP) is 3.06. The molecule has 114 valence electrons. The van der Waals surface area contributed by atoms with Gasteiger partial charge >= 0.3 is 0 Å². The molecule has 1 unspecified atom stereocenters. The first-order valence-electron chi connectivity index (χ1n) is 7.09. The zero-order chi connectivity index (χ0) is 15.1. The molecule has 0 aromatic heterocycles. The van der Waals surface area contributed by atoms with Gasteiger partial charge in [0.05, 0.1) is 15.5 Å². The number of anilines is 1. The zero-order valence-corrected chi connectivity index (χ0v) is 13.1. The highest BCUT2D eigenvalue weighted by Gasteiger charge is 2.38. The van der Waals surface area contributed by atoms with Crippen LogP contribution in [0.1, 0.15) is 19.3 Å². The Morgan fingerprint density at radius 3 is 2.76 bits per heavy atom. The van der Waals surface area contributed by atoms with E-state index in [9.17, 15) is 14.5 Å². The number of nitrogens with two attached hydrogens (primary N) is 1. The minimum absolute atomic E-state index is 0.168. The summed E-state index contributed by atoms with van der Waals surface area (Å²) in [7, 11) is 0. The lowest BCUT2D eigenvalue weighted by Crippen LogP contribution is -2.32. The molecule has 0 spiro atoms. The van der Waals surface area contributed by atoms with Gasteiger partial charge < -0.3 is 10.6 Å². The van der Waals surface area contributed by atoms with Gasteiger partial charge in [-0.15, -0.1) is 0 Å². The fourth-order valence-corrected chi connectivity index (χ4v) is 3.92. The summed E-state index contributed by atoms with van der Waals surface area (Å²) in [6.45, 7) is 1.55. The Balaban J connectivity index is 1.91. The zero-order valence-electron chi connectivity index (χ0n) is 11.5. The summed E-state index contributed by atoms with van der Waals surface area (Å²) < 4.78 is 13.8. The topological polar surface area (TPSA) is 72.4 Å². The largest absolute Gasteiger partial charge is 0.365 e. The van der Waals surface area contributed by atoms with Crippen molar-refractivity contribution in [2.45, 2.75) is 25.3 Å². The smallest absolute Gasteiger partial charge is 0.295 e. The van der Waals surface area contributed by atoms with Crippen molar-refractivity contribution in [2.75, 3.05) is 18.0 Å². The van der Waals surface area contributed by atoms with Gasteiger partial charge in [-0.1, -0.05) is 0 Å². The van der Waals surface area contributed by atoms with Gasteiger partial charge in [-0.05, 0) is 53.1 Å². The van der Waals surface area contributed by atoms with Crippen LogP contribution in [0.25, 0.3) is 0 Å². The number of benzene rings is 1. The Morgan fingerprint density at radius 2 is 2.05 bits per heavy atom. The van der Waals surface area contributed by atoms with E-state index in [1.807, 2.05) is 4.90 Å². The number of rotatable bonds is 2. The molecular weight excluding hydrogens is 341 g/mol. The average Bonchev–Trinajstić information content (AvgIpc) is 2.83. The van der Waals surface area contributed by atoms with E-state index in [4.69, 9.17) is 5.73 Å². The lowest BCUT2D eigenvalue weighted by molar-refractivity contribution is -0.384. The van der Waals surface area contributed by atoms with Crippen molar-refractivity contribution in [1.29, 1.82) is 0 Å². The molecule has 3 atom stereocenters. The van der Waals surface area contributed by atoms with Crippen LogP contribution in [-0.2, 0) is 0 Å². The molecule has 1 aromatic rings. The second-order valence-corrected chi connectivity index (χ2v) is 6.86. The van der Waals surface area contributed by atoms with Crippen molar-refractivity contribution in [2.24, 2.45) is 17.6 Å². The van der Waals surface area contributed by atoms with Gasteiger partial charge in [-0.2, -0.15) is 0 Å². The molecule has 1 aliphatic carbocycles. The van der Waals surface area contributed by atoms with Crippen LogP contribution in [0.15, 0.2) is 16.6 Å². The summed E-state index contributed by atoms with van der Waals surface area (Å²) in [4.78, 5) is 12.7. The Kier molecular flexibility index (Phi) is 3.88. The Labute approximate surface area is 130 Å². The van der Waals surface area contributed by atoms with Gasteiger partial charge in [0.25, 0.3) is 5.69 Å². The van der Waals surface area contributed by atoms with Crippen LogP contribution in [0.2, 0.25) is 0 Å². The second kappa shape index (κ2) is 5.53. The van der Waals surface area contributed by atoms with E-state index in [2.05, 4.69) is 15.9 Å². The number of fused-ring (bicyclic) bond motifs is 1. The Morgan fingerprint density at radius 1 is 1.33 bits per heavy atom. The maximum absolute atomic E-state index is 13.6. The van der Waals surface area contributed by atoms with Gasteiger partial charge in [-0.25, -0.2) is 4.39 Å². The van der Waals surface area contributed by atoms with Gasteiger partial charge in [0, 0.05) is 19.1 Å². The molecule has 1 heterocycles. The second-order valence-electron chi connectivity index (χ2n) is 6.01. The highest BCUT2D eigenvalue weighted by molar-refractivity contribution is 9.10. The minimum atomic E-state index is -0.607. The van der Waals surface area contributed by atoms with Crippen LogP contribution in [0.3, 0.4) is 0 Å². The van der Waals surface area contributed by atoms with Gasteiger partial charge in [0.2, 0.25) is 0 Å². The van der Waals surface area contributed by atoms with E-state index in [0.29, 0.717) is 17.5 Å². The fourth-order valence-electron chi connectivity index (χ4n) is 3.59. The summed E-state index contributed by atoms with van der Waals surface area (Å²) in [5.41, 5.74) is 6.34. The molecule has 5 nitrogen and oxygen atoms in total. The van der Waals surface area contributed by atoms with E-state index in [1.165, 1.54) is 6.07 Å². The van der Waals surface area contributed by atoms with Gasteiger partial charge in [0.15, 0.2) is 0 Å². The first-order chi connectivity index (χ1) is 9.95. The highest BCUT2D eigenvalue weighted by atomic mass is 79.9. The first kappa shape index (κ1) is 14.7. The van der Waals surface area contributed by atoms with E-state index in [-0.39, 0.29) is 16.2 Å². The third-order valence-electron chi connectivity index (χ3n) is 4.65. The lowest BCUT2D eigenvalue weighted by atomic mass is 9.79. The van der Waals surface area contributed by atoms with Crippen molar-refractivity contribution < 1.29 is 9.31 Å². The number of hydrogen-bond donors (Lipinski definition) is 1. The van der Waals surface area contributed by atoms with E-state index in [0.717, 1.165) is 38.4 Å². The first-order valence-corrected chi connectivity index (χ1v) is 7.89. The maximum atomic E-state index is 13.6. The monoisotopic (exact) mass is 357 g/mol. The molecule has 1 saturated heterocycles. The van der Waals surface area contributed by atoms with Crippen molar-refractivity contribution in [3.8, 4) is 0 Å². The number of halogens is 2. The van der Waals surface area contributed by atoms with E-state index in [1.54, 1.807) is 0 Å². The molecule has 1 aromatic carbocycles. The van der Waals surface area contributed by atoms with Gasteiger partial charge in [0.1, 0.15) is 11.5 Å². The third kappa shape index (κ3) is 2.76. The highest BCUT2D eigenvalue weighted by Crippen LogP contribution is 2.41. The standard InChI is InChI=1S/C14H17BrFN3O2/c15-11-4-13(14(19(20)21)5-12(11)16)18-6-8-1-2-10(17)3-9(8)7-18/h4-5,8-10H,1-3,6-7,17H2/t8-,9+,10?/m1/s1. The summed E-state index contributed by atoms with van der Waals surface area (Å²) in [6, 6.07) is 2.75. The number of nitrogens with zero attached hydrogens (tertiary/aromatic N) is 2. The Hall–Kier alpha value is -1.21. The van der Waals surface area contributed by atoms with Crippen LogP contribution in [-0.4, -0.2) is 24.1 Å². The number of nitro groups is 1. The van der Waals surface area contributed by atoms with Crippen molar-refractivity contribution in [3.05, 3.63) is 32.5 Å². The molecule has 1 saturated carbocycles. The van der Waals surface area contributed by atoms with Crippen molar-refractivity contribution >= 4 is 27.3 Å². The van der Waals surface area contributed by atoms with Gasteiger partial charge in [-0.3, -0.25) is 10.1 Å². The summed E-state index contributed by atoms with van der Waals surface area (Å²) in [6.07, 6.45) is 3.06. The molecule has 0 radical (unpaired) electrons. The molecule has 2 fully saturated rings. The lowest BCUT2D eigenvalue weighted by Gasteiger charge is -2.27. The summed E-state index contributed by atoms with van der Waals surface area (Å²) >= 11 is 3.12. The average molecular weight is 358 g/mol. The molecule has 1 aliphatic heterocycles. The number of nitro benzene ring substituents is 1. The van der Waals surface area contributed by atoms with E-state index < -0.39 is 10.7 Å². The van der Waals surface area contributed by atoms with Crippen LogP contribution in [0.4, 0.5) is 15.8 Å². The predicted molar refractivity (Wildman–Crippen MR) is 81.8 cm³/mol. The fraction of sp³-hybridized carbons (Fsp3) is 0.571. The van der Waals surface area contributed by atoms with Crippen LogP contribution < -0.4 is 10.6 Å². The summed E-state index contributed by atoms with van der Waals surface area (Å²) in [5.74, 6) is 0.412. The summed E-state index contributed by atoms with van der Waals surface area (Å²) in [5, 5.41) is 11.2. The molecular formula is C14H17BrFN3O2. The van der Waals surface area contributed by atoms with Crippen molar-refractivity contribution in [1.82, 2.24) is 0 Å². The van der Waals surface area contributed by atoms with Crippen LogP contribution in [0.5, 0.6) is 0 Å². The van der Waals surface area contributed by atoms with E-state index >= 15 is 0 Å². The molecule has 7 heteroatoms. The molecule has 0 amide bonds. The van der Waals surface area contributed by atoms with Crippen LogP contribution in [0, 0.1) is 27.8 Å². The molecule has 3 rings (SSSR count). The SMILES string of the molecule is NC1CC[C@@H]2CN(c3cc(Br)c(F)cc3[N+](=O)[O-])C[C@@H]2C1. The van der Waals surface area contributed by atoms with Crippen LogP contribution >= 0.6 is 15.9 Å². The molecule has 0 bridgehead atoms. The quantitative estimate of drug-likeness (QED) is 0.652. The molecule has 2 N–H and O–H groups in total. The normalized spacial score (nSPS) is 28.5. The minimum Gasteiger partial charge on any atom is -0.365 e.